The zero-order chi connectivity index (χ0) is 37.3. The van der Waals surface area contributed by atoms with Crippen LogP contribution in [0.2, 0.25) is 0 Å². The predicted octanol–water partition coefficient (Wildman–Crippen LogP) is 8.87. The van der Waals surface area contributed by atoms with Crippen LogP contribution in [0, 0.1) is 5.82 Å². The van der Waals surface area contributed by atoms with Crippen molar-refractivity contribution in [1.82, 2.24) is 14.9 Å². The number of rotatable bonds is 15. The van der Waals surface area contributed by atoms with Crippen LogP contribution in [0.15, 0.2) is 97.2 Å². The molecule has 11 heteroatoms. The molecule has 278 valence electrons. The number of piperidine rings is 1. The Bertz CT molecular complexity index is 2230. The van der Waals surface area contributed by atoms with E-state index in [1.165, 1.54) is 44.5 Å². The molecular formula is C43H44FN5O5. The van der Waals surface area contributed by atoms with E-state index in [2.05, 4.69) is 20.5 Å². The SMILES string of the molecule is COCCOc1cccc(-c2cc(C(=O)Nc3ccc(Nc4ccnc5cc(OCCCN6CCCCC6)c(OC)cc45)cc3)c3cc(F)ccc3n2)c1. The summed E-state index contributed by atoms with van der Waals surface area (Å²) in [4.78, 5) is 25.6. The fourth-order valence-corrected chi connectivity index (χ4v) is 6.70. The summed E-state index contributed by atoms with van der Waals surface area (Å²) in [6.07, 6.45) is 6.59. The van der Waals surface area contributed by atoms with Crippen molar-refractivity contribution >= 4 is 44.8 Å². The van der Waals surface area contributed by atoms with E-state index in [-0.39, 0.29) is 5.91 Å². The van der Waals surface area contributed by atoms with Crippen molar-refractivity contribution in [2.24, 2.45) is 0 Å². The van der Waals surface area contributed by atoms with Crippen LogP contribution >= 0.6 is 0 Å². The molecule has 10 nitrogen and oxygen atoms in total. The lowest BCUT2D eigenvalue weighted by Gasteiger charge is -2.26. The Kier molecular flexibility index (Phi) is 11.8. The van der Waals surface area contributed by atoms with Gasteiger partial charge in [-0.15, -0.1) is 0 Å². The van der Waals surface area contributed by atoms with Gasteiger partial charge in [-0.3, -0.25) is 9.78 Å². The number of fused-ring (bicyclic) bond motifs is 2. The third-order valence-corrected chi connectivity index (χ3v) is 9.48. The lowest BCUT2D eigenvalue weighted by molar-refractivity contribution is 0.102. The van der Waals surface area contributed by atoms with Crippen molar-refractivity contribution in [1.29, 1.82) is 0 Å². The Morgan fingerprint density at radius 1 is 0.796 bits per heavy atom. The number of amides is 1. The lowest BCUT2D eigenvalue weighted by atomic mass is 10.0. The van der Waals surface area contributed by atoms with Gasteiger partial charge >= 0.3 is 0 Å². The van der Waals surface area contributed by atoms with Crippen LogP contribution in [0.25, 0.3) is 33.1 Å². The van der Waals surface area contributed by atoms with E-state index in [1.807, 2.05) is 66.7 Å². The van der Waals surface area contributed by atoms with Gasteiger partial charge in [-0.2, -0.15) is 0 Å². The quantitative estimate of drug-likeness (QED) is 0.100. The molecule has 1 aliphatic rings. The molecule has 54 heavy (non-hydrogen) atoms. The fourth-order valence-electron chi connectivity index (χ4n) is 6.70. The number of anilines is 3. The number of methoxy groups -OCH3 is 2. The normalized spacial score (nSPS) is 13.2. The number of pyridine rings is 2. The average molecular weight is 730 g/mol. The van der Waals surface area contributed by atoms with Crippen LogP contribution in [-0.4, -0.2) is 74.4 Å². The fraction of sp³-hybridized carbons (Fsp3) is 0.279. The standard InChI is InChI=1S/C43H44FN5O5/c1-51-22-23-53-33-9-6-8-29(24-33)39-26-35(34-25-30(44)10-15-37(34)48-39)43(50)47-32-13-11-31(12-14-32)46-38-16-17-45-40-28-42(41(52-2)27-36(38)40)54-21-7-20-49-18-4-3-5-19-49/h6,8-17,24-28H,3-5,7,18-23H2,1-2H3,(H,45,46)(H,47,50). The van der Waals surface area contributed by atoms with E-state index in [0.717, 1.165) is 40.8 Å². The minimum absolute atomic E-state index is 0.296. The van der Waals surface area contributed by atoms with E-state index >= 15 is 0 Å². The summed E-state index contributed by atoms with van der Waals surface area (Å²) in [7, 11) is 3.26. The number of carbonyl (C=O) groups excluding carboxylic acids is 1. The number of hydrogen-bond donors (Lipinski definition) is 2. The van der Waals surface area contributed by atoms with Gasteiger partial charge in [0.05, 0.1) is 42.6 Å². The van der Waals surface area contributed by atoms with Crippen LogP contribution in [0.3, 0.4) is 0 Å². The van der Waals surface area contributed by atoms with Gasteiger partial charge in [0.25, 0.3) is 5.91 Å². The number of hydrogen-bond acceptors (Lipinski definition) is 9. The third kappa shape index (κ3) is 8.87. The van der Waals surface area contributed by atoms with Gasteiger partial charge in [0.15, 0.2) is 11.5 Å². The highest BCUT2D eigenvalue weighted by Crippen LogP contribution is 2.36. The summed E-state index contributed by atoms with van der Waals surface area (Å²) >= 11 is 0. The first kappa shape index (κ1) is 36.6. The molecule has 0 aliphatic carbocycles. The summed E-state index contributed by atoms with van der Waals surface area (Å²) < 4.78 is 37.2. The summed E-state index contributed by atoms with van der Waals surface area (Å²) in [5, 5.41) is 7.74. The van der Waals surface area contributed by atoms with Gasteiger partial charge in [-0.05, 0) is 105 Å². The molecule has 0 saturated carbocycles. The van der Waals surface area contributed by atoms with Gasteiger partial charge in [0.1, 0.15) is 18.2 Å². The first-order valence-electron chi connectivity index (χ1n) is 18.3. The number of nitrogens with one attached hydrogen (secondary N) is 2. The molecule has 1 saturated heterocycles. The second-order valence-corrected chi connectivity index (χ2v) is 13.2. The predicted molar refractivity (Wildman–Crippen MR) is 211 cm³/mol. The maximum Gasteiger partial charge on any atom is 0.256 e. The van der Waals surface area contributed by atoms with Gasteiger partial charge in [-0.1, -0.05) is 18.6 Å². The Morgan fingerprint density at radius 2 is 1.63 bits per heavy atom. The van der Waals surface area contributed by atoms with Crippen molar-refractivity contribution in [2.45, 2.75) is 25.7 Å². The molecule has 0 atom stereocenters. The molecule has 3 heterocycles. The second kappa shape index (κ2) is 17.4. The van der Waals surface area contributed by atoms with Crippen molar-refractivity contribution in [3.63, 3.8) is 0 Å². The number of likely N-dealkylation sites (tertiary alicyclic amines) is 1. The van der Waals surface area contributed by atoms with Gasteiger partial charge in [0.2, 0.25) is 0 Å². The topological polar surface area (TPSA) is 107 Å². The van der Waals surface area contributed by atoms with E-state index < -0.39 is 5.82 Å². The summed E-state index contributed by atoms with van der Waals surface area (Å²) in [5.41, 5.74) is 5.12. The van der Waals surface area contributed by atoms with Crippen LogP contribution in [0.4, 0.5) is 21.5 Å². The number of ether oxygens (including phenoxy) is 4. The van der Waals surface area contributed by atoms with Crippen molar-refractivity contribution in [3.05, 3.63) is 109 Å². The van der Waals surface area contributed by atoms with Crippen molar-refractivity contribution < 1.29 is 28.1 Å². The zero-order valence-electron chi connectivity index (χ0n) is 30.6. The first-order chi connectivity index (χ1) is 26.5. The number of benzene rings is 4. The van der Waals surface area contributed by atoms with Crippen molar-refractivity contribution in [3.8, 4) is 28.5 Å². The molecular weight excluding hydrogens is 686 g/mol. The number of carbonyl (C=O) groups is 1. The maximum absolute atomic E-state index is 14.4. The molecule has 0 unspecified atom stereocenters. The van der Waals surface area contributed by atoms with Crippen LogP contribution < -0.4 is 24.8 Å². The van der Waals surface area contributed by atoms with Gasteiger partial charge in [0, 0.05) is 59.3 Å². The van der Waals surface area contributed by atoms with Gasteiger partial charge in [-0.25, -0.2) is 9.37 Å². The molecule has 0 spiro atoms. The lowest BCUT2D eigenvalue weighted by Crippen LogP contribution is -2.31. The van der Waals surface area contributed by atoms with E-state index in [4.69, 9.17) is 23.9 Å². The van der Waals surface area contributed by atoms with Crippen molar-refractivity contribution in [2.75, 3.05) is 64.3 Å². The molecule has 0 bridgehead atoms. The maximum atomic E-state index is 14.4. The molecule has 1 amide bonds. The Labute approximate surface area is 314 Å². The molecule has 0 radical (unpaired) electrons. The molecule has 6 aromatic rings. The Balaban J connectivity index is 1.05. The minimum atomic E-state index is -0.455. The smallest absolute Gasteiger partial charge is 0.256 e. The van der Waals surface area contributed by atoms with Crippen LogP contribution in [0.1, 0.15) is 36.0 Å². The van der Waals surface area contributed by atoms with E-state index in [9.17, 15) is 9.18 Å². The largest absolute Gasteiger partial charge is 0.493 e. The second-order valence-electron chi connectivity index (χ2n) is 13.2. The third-order valence-electron chi connectivity index (χ3n) is 9.48. The Hall–Kier alpha value is -5.78. The van der Waals surface area contributed by atoms with E-state index in [1.54, 1.807) is 32.5 Å². The highest BCUT2D eigenvalue weighted by molar-refractivity contribution is 6.13. The molecule has 2 aromatic heterocycles. The molecule has 4 aromatic carbocycles. The number of aromatic nitrogens is 2. The van der Waals surface area contributed by atoms with Crippen LogP contribution in [-0.2, 0) is 4.74 Å². The minimum Gasteiger partial charge on any atom is -0.493 e. The van der Waals surface area contributed by atoms with Gasteiger partial charge < -0.3 is 34.5 Å². The molecule has 7 rings (SSSR count). The number of nitrogens with zero attached hydrogens (tertiary/aromatic N) is 3. The zero-order valence-corrected chi connectivity index (χ0v) is 30.6. The number of halogens is 1. The monoisotopic (exact) mass is 729 g/mol. The highest BCUT2D eigenvalue weighted by atomic mass is 19.1. The Morgan fingerprint density at radius 3 is 2.44 bits per heavy atom. The highest BCUT2D eigenvalue weighted by Gasteiger charge is 2.17. The van der Waals surface area contributed by atoms with E-state index in [0.29, 0.717) is 64.9 Å². The average Bonchev–Trinajstić information content (AvgIpc) is 3.20. The molecule has 2 N–H and O–H groups in total. The summed E-state index contributed by atoms with van der Waals surface area (Å²) in [6.45, 7) is 4.84. The summed E-state index contributed by atoms with van der Waals surface area (Å²) in [6, 6.07) is 26.5. The van der Waals surface area contributed by atoms with Crippen LogP contribution in [0.5, 0.6) is 17.2 Å². The molecule has 1 fully saturated rings. The first-order valence-corrected chi connectivity index (χ1v) is 18.3. The molecule has 1 aliphatic heterocycles. The summed E-state index contributed by atoms with van der Waals surface area (Å²) in [5.74, 6) is 1.12.